The lowest BCUT2D eigenvalue weighted by Gasteiger charge is -2.18. The van der Waals surface area contributed by atoms with Crippen LogP contribution in [0.3, 0.4) is 0 Å². The van der Waals surface area contributed by atoms with Crippen molar-refractivity contribution in [1.29, 1.82) is 0 Å². The van der Waals surface area contributed by atoms with Gasteiger partial charge in [0.2, 0.25) is 5.91 Å². The topological polar surface area (TPSA) is 108 Å². The zero-order valence-electron chi connectivity index (χ0n) is 17.4. The number of nitrogens with zero attached hydrogens (tertiary/aromatic N) is 2. The quantitative estimate of drug-likeness (QED) is 0.568. The van der Waals surface area contributed by atoms with Crippen LogP contribution in [0.2, 0.25) is 5.02 Å². The van der Waals surface area contributed by atoms with Gasteiger partial charge in [-0.2, -0.15) is 5.10 Å². The maximum atomic E-state index is 12.5. The zero-order chi connectivity index (χ0) is 22.8. The molecular weight excluding hydrogens is 452 g/mol. The molecule has 0 saturated heterocycles. The van der Waals surface area contributed by atoms with Crippen molar-refractivity contribution >= 4 is 41.0 Å². The lowest BCUT2D eigenvalue weighted by Crippen LogP contribution is -2.20. The second-order valence-electron chi connectivity index (χ2n) is 7.14. The molecule has 1 aromatic heterocycles. The Morgan fingerprint density at radius 1 is 1.28 bits per heavy atom. The summed E-state index contributed by atoms with van der Waals surface area (Å²) in [6.45, 7) is 1.67. The number of nitrogens with one attached hydrogen (secondary N) is 1. The van der Waals surface area contributed by atoms with Crippen molar-refractivity contribution in [2.45, 2.75) is 12.2 Å². The largest absolute Gasteiger partial charge is 0.493 e. The van der Waals surface area contributed by atoms with Crippen LogP contribution < -0.4 is 20.5 Å². The summed E-state index contributed by atoms with van der Waals surface area (Å²) in [6, 6.07) is 12.7. The number of hydrogen-bond donors (Lipinski definition) is 2. The van der Waals surface area contributed by atoms with Gasteiger partial charge in [-0.05, 0) is 48.9 Å². The molecule has 1 aliphatic heterocycles. The predicted molar refractivity (Wildman–Crippen MR) is 124 cm³/mol. The monoisotopic (exact) mass is 472 g/mol. The Morgan fingerprint density at radius 3 is 2.72 bits per heavy atom. The lowest BCUT2D eigenvalue weighted by atomic mass is 10.0. The van der Waals surface area contributed by atoms with Gasteiger partial charge in [-0.15, -0.1) is 11.8 Å². The summed E-state index contributed by atoms with van der Waals surface area (Å²) in [5.74, 6) is 1.10. The highest BCUT2D eigenvalue weighted by molar-refractivity contribution is 8.00. The smallest absolute Gasteiger partial charge is 0.255 e. The van der Waals surface area contributed by atoms with Crippen LogP contribution in [0.5, 0.6) is 11.5 Å². The van der Waals surface area contributed by atoms with E-state index in [0.717, 1.165) is 22.5 Å². The highest BCUT2D eigenvalue weighted by Gasteiger charge is 2.31. The molecule has 0 bridgehead atoms. The van der Waals surface area contributed by atoms with Crippen molar-refractivity contribution in [2.75, 3.05) is 24.8 Å². The Morgan fingerprint density at radius 2 is 2.03 bits per heavy atom. The minimum atomic E-state index is -0.574. The van der Waals surface area contributed by atoms with E-state index < -0.39 is 5.91 Å². The molecule has 3 aromatic rings. The Balaban J connectivity index is 1.78. The summed E-state index contributed by atoms with van der Waals surface area (Å²) in [4.78, 5) is 23.6. The zero-order valence-corrected chi connectivity index (χ0v) is 19.0. The highest BCUT2D eigenvalue weighted by atomic mass is 35.5. The van der Waals surface area contributed by atoms with Crippen molar-refractivity contribution in [1.82, 2.24) is 9.78 Å². The number of anilines is 1. The molecule has 1 aliphatic rings. The molecule has 3 N–H and O–H groups in total. The van der Waals surface area contributed by atoms with Gasteiger partial charge in [0.15, 0.2) is 18.1 Å². The molecule has 0 aliphatic carbocycles. The Kier molecular flexibility index (Phi) is 6.29. The van der Waals surface area contributed by atoms with Crippen molar-refractivity contribution in [3.8, 4) is 17.2 Å². The van der Waals surface area contributed by atoms with Crippen LogP contribution in [0.15, 0.2) is 42.5 Å². The summed E-state index contributed by atoms with van der Waals surface area (Å²) in [6.07, 6.45) is 0. The molecule has 0 saturated carbocycles. The molecule has 1 atom stereocenters. The number of hydrogen-bond acceptors (Lipinski definition) is 6. The van der Waals surface area contributed by atoms with Gasteiger partial charge in [0, 0.05) is 10.6 Å². The fourth-order valence-electron chi connectivity index (χ4n) is 3.53. The maximum Gasteiger partial charge on any atom is 0.255 e. The number of nitrogens with two attached hydrogens (primary N) is 1. The van der Waals surface area contributed by atoms with E-state index in [4.69, 9.17) is 31.9 Å². The summed E-state index contributed by atoms with van der Waals surface area (Å²) in [5, 5.41) is 8.13. The highest BCUT2D eigenvalue weighted by Crippen LogP contribution is 2.45. The molecule has 2 heterocycles. The number of carbonyl (C=O) groups is 2. The normalized spacial score (nSPS) is 15.5. The van der Waals surface area contributed by atoms with Gasteiger partial charge in [-0.1, -0.05) is 17.7 Å². The second-order valence-corrected chi connectivity index (χ2v) is 8.67. The van der Waals surface area contributed by atoms with Gasteiger partial charge in [-0.3, -0.25) is 9.59 Å². The number of rotatable bonds is 6. The molecule has 0 radical (unpaired) electrons. The minimum Gasteiger partial charge on any atom is -0.493 e. The van der Waals surface area contributed by atoms with E-state index >= 15 is 0 Å². The van der Waals surface area contributed by atoms with Crippen LogP contribution >= 0.6 is 23.4 Å². The average Bonchev–Trinajstić information content (AvgIpc) is 2.97. The first kappa shape index (κ1) is 22.0. The van der Waals surface area contributed by atoms with Gasteiger partial charge in [-0.25, -0.2) is 4.68 Å². The number of benzene rings is 2. The molecule has 4 rings (SSSR count). The van der Waals surface area contributed by atoms with Crippen molar-refractivity contribution in [3.63, 3.8) is 0 Å². The van der Waals surface area contributed by atoms with Gasteiger partial charge in [0.1, 0.15) is 5.82 Å². The fourth-order valence-corrected chi connectivity index (χ4v) is 4.84. The van der Waals surface area contributed by atoms with Crippen LogP contribution in [0, 0.1) is 6.92 Å². The molecule has 8 nitrogen and oxygen atoms in total. The van der Waals surface area contributed by atoms with Gasteiger partial charge in [0.25, 0.3) is 5.91 Å². The molecule has 32 heavy (non-hydrogen) atoms. The Hall–Kier alpha value is -3.17. The van der Waals surface area contributed by atoms with Crippen LogP contribution in [0.4, 0.5) is 5.82 Å². The van der Waals surface area contributed by atoms with Crippen LogP contribution in [0.1, 0.15) is 22.1 Å². The molecule has 1 unspecified atom stereocenters. The number of fused-ring (bicyclic) bond motifs is 1. The number of thioether (sulfide) groups is 1. The first-order valence-corrected chi connectivity index (χ1v) is 11.2. The Bertz CT molecular complexity index is 1180. The number of carbonyl (C=O) groups excluding carboxylic acids is 2. The maximum absolute atomic E-state index is 12.5. The standard InChI is InChI=1S/C22H21ClN4O4S/c1-12-20-21(13-3-8-16(17(9-13)30-2)31-10-18(24)28)32-11-19(29)25-22(20)27(26-12)15-6-4-14(23)5-7-15/h3-9,21H,10-11H2,1-2H3,(H2,24,28)(H,25,29). The number of ether oxygens (including phenoxy) is 2. The van der Waals surface area contributed by atoms with E-state index in [9.17, 15) is 9.59 Å². The van der Waals surface area contributed by atoms with E-state index in [2.05, 4.69) is 5.32 Å². The van der Waals surface area contributed by atoms with Gasteiger partial charge < -0.3 is 20.5 Å². The predicted octanol–water partition coefficient (Wildman–Crippen LogP) is 3.48. The Labute approximate surface area is 194 Å². The van der Waals surface area contributed by atoms with E-state index in [1.807, 2.05) is 31.2 Å². The third-order valence-electron chi connectivity index (χ3n) is 4.94. The molecular formula is C22H21ClN4O4S. The van der Waals surface area contributed by atoms with E-state index in [1.54, 1.807) is 22.9 Å². The summed E-state index contributed by atoms with van der Waals surface area (Å²) in [7, 11) is 1.52. The molecule has 0 spiro atoms. The number of methoxy groups -OCH3 is 1. The molecule has 2 amide bonds. The third-order valence-corrected chi connectivity index (χ3v) is 6.46. The number of primary amides is 1. The summed E-state index contributed by atoms with van der Waals surface area (Å²) < 4.78 is 12.6. The van der Waals surface area contributed by atoms with E-state index in [-0.39, 0.29) is 23.5 Å². The molecule has 10 heteroatoms. The average molecular weight is 473 g/mol. The van der Waals surface area contributed by atoms with Gasteiger partial charge >= 0.3 is 0 Å². The summed E-state index contributed by atoms with van der Waals surface area (Å²) >= 11 is 7.53. The number of aryl methyl sites for hydroxylation is 1. The number of amides is 2. The minimum absolute atomic E-state index is 0.109. The van der Waals surface area contributed by atoms with E-state index in [0.29, 0.717) is 22.3 Å². The number of aromatic nitrogens is 2. The summed E-state index contributed by atoms with van der Waals surface area (Å²) in [5.41, 5.74) is 8.58. The van der Waals surface area contributed by atoms with Gasteiger partial charge in [0.05, 0.1) is 29.5 Å². The van der Waals surface area contributed by atoms with Crippen LogP contribution in [-0.2, 0) is 9.59 Å². The first-order chi connectivity index (χ1) is 15.4. The fraction of sp³-hybridized carbons (Fsp3) is 0.227. The van der Waals surface area contributed by atoms with Crippen LogP contribution in [0.25, 0.3) is 5.69 Å². The molecule has 166 valence electrons. The third kappa shape index (κ3) is 4.39. The SMILES string of the molecule is COc1cc(C2SCC(=O)Nc3c2c(C)nn3-c2ccc(Cl)cc2)ccc1OCC(N)=O. The molecule has 0 fully saturated rings. The van der Waals surface area contributed by atoms with Crippen molar-refractivity contribution in [3.05, 3.63) is 64.3 Å². The second kappa shape index (κ2) is 9.13. The molecule has 2 aromatic carbocycles. The lowest BCUT2D eigenvalue weighted by molar-refractivity contribution is -0.120. The number of halogens is 1. The van der Waals surface area contributed by atoms with E-state index in [1.165, 1.54) is 18.9 Å². The van der Waals surface area contributed by atoms with Crippen LogP contribution in [-0.4, -0.2) is 41.1 Å². The van der Waals surface area contributed by atoms with Crippen molar-refractivity contribution < 1.29 is 19.1 Å². The van der Waals surface area contributed by atoms with Crippen molar-refractivity contribution in [2.24, 2.45) is 5.73 Å². The first-order valence-electron chi connectivity index (χ1n) is 9.73.